The third-order valence-electron chi connectivity index (χ3n) is 6.18. The number of aliphatic imine (C=N–C) groups is 1. The van der Waals surface area contributed by atoms with Crippen molar-refractivity contribution in [1.29, 1.82) is 0 Å². The van der Waals surface area contributed by atoms with Gasteiger partial charge in [0.25, 0.3) is 0 Å². The van der Waals surface area contributed by atoms with Gasteiger partial charge in [-0.25, -0.2) is 22.6 Å². The fourth-order valence-electron chi connectivity index (χ4n) is 4.64. The molecule has 0 spiro atoms. The summed E-state index contributed by atoms with van der Waals surface area (Å²) in [7, 11) is -2.29. The molecule has 7 nitrogen and oxygen atoms in total. The zero-order valence-corrected chi connectivity index (χ0v) is 21.5. The van der Waals surface area contributed by atoms with Gasteiger partial charge in [0.05, 0.1) is 23.3 Å². The van der Waals surface area contributed by atoms with Crippen LogP contribution in [0.3, 0.4) is 0 Å². The Kier molecular flexibility index (Phi) is 6.67. The van der Waals surface area contributed by atoms with Crippen molar-refractivity contribution in [3.8, 4) is 0 Å². The van der Waals surface area contributed by atoms with Crippen LogP contribution in [0.5, 0.6) is 0 Å². The Labute approximate surface area is 216 Å². The quantitative estimate of drug-likeness (QED) is 0.419. The molecule has 1 unspecified atom stereocenters. The number of halogens is 2. The first-order chi connectivity index (χ1) is 17.3. The molecule has 36 heavy (non-hydrogen) atoms. The number of nitrogens with zero attached hydrogens (tertiary/aromatic N) is 3. The minimum Gasteiger partial charge on any atom is -0.466 e. The molecule has 1 aromatic heterocycles. The summed E-state index contributed by atoms with van der Waals surface area (Å²) in [5.74, 6) is -1.01. The van der Waals surface area contributed by atoms with E-state index in [1.165, 1.54) is 36.6 Å². The lowest BCUT2D eigenvalue weighted by Crippen LogP contribution is -2.35. The fraction of sp³-hybridized carbons (Fsp3) is 0.240. The van der Waals surface area contributed by atoms with Crippen molar-refractivity contribution >= 4 is 44.6 Å². The highest BCUT2D eigenvalue weighted by Crippen LogP contribution is 2.44. The summed E-state index contributed by atoms with van der Waals surface area (Å²) in [5, 5.41) is 2.55. The molecular formula is C25H21ClFN3O4S2. The summed E-state index contributed by atoms with van der Waals surface area (Å²) in [4.78, 5) is 24.4. The van der Waals surface area contributed by atoms with Crippen molar-refractivity contribution in [2.24, 2.45) is 10.9 Å². The number of carbonyl (C=O) groups is 1. The van der Waals surface area contributed by atoms with E-state index >= 15 is 0 Å². The van der Waals surface area contributed by atoms with Gasteiger partial charge in [-0.15, -0.1) is 11.3 Å². The molecule has 0 aliphatic carbocycles. The minimum absolute atomic E-state index is 0.0986. The number of allylic oxidation sites excluding steroid dienone is 1. The van der Waals surface area contributed by atoms with Crippen LogP contribution in [0.15, 0.2) is 81.3 Å². The average Bonchev–Trinajstić information content (AvgIpc) is 3.53. The van der Waals surface area contributed by atoms with Gasteiger partial charge in [0.15, 0.2) is 20.7 Å². The Bertz CT molecular complexity index is 1470. The van der Waals surface area contributed by atoms with E-state index in [9.17, 15) is 17.6 Å². The molecule has 0 amide bonds. The Morgan fingerprint density at radius 2 is 2.03 bits per heavy atom. The largest absolute Gasteiger partial charge is 0.466 e. The van der Waals surface area contributed by atoms with Gasteiger partial charge in [-0.2, -0.15) is 0 Å². The van der Waals surface area contributed by atoms with Crippen LogP contribution in [0.4, 0.5) is 4.39 Å². The number of benzene rings is 2. The molecule has 0 N–H and O–H groups in total. The molecule has 0 bridgehead atoms. The SMILES string of the molecule is COC(=O)C1=C2CC(CS(=O)(=O)c3ccccc3)CN2C(c2nccs2)=N[C@H]1c1ccc(F)cc1Cl. The Morgan fingerprint density at radius 3 is 2.69 bits per heavy atom. The van der Waals surface area contributed by atoms with Crippen molar-refractivity contribution in [2.75, 3.05) is 19.4 Å². The molecule has 1 saturated heterocycles. The van der Waals surface area contributed by atoms with Crippen LogP contribution >= 0.6 is 22.9 Å². The number of rotatable bonds is 6. The summed E-state index contributed by atoms with van der Waals surface area (Å²) < 4.78 is 45.1. The van der Waals surface area contributed by atoms with Crippen molar-refractivity contribution in [1.82, 2.24) is 9.88 Å². The second-order valence-electron chi connectivity index (χ2n) is 8.49. The molecular weight excluding hydrogens is 525 g/mol. The summed E-state index contributed by atoms with van der Waals surface area (Å²) >= 11 is 7.76. The van der Waals surface area contributed by atoms with Gasteiger partial charge in [0.1, 0.15) is 11.9 Å². The van der Waals surface area contributed by atoms with Crippen LogP contribution in [0.1, 0.15) is 23.0 Å². The second-order valence-corrected chi connectivity index (χ2v) is 11.8. The number of hydrogen-bond acceptors (Lipinski definition) is 8. The molecule has 2 aliphatic heterocycles. The van der Waals surface area contributed by atoms with Crippen molar-refractivity contribution in [3.05, 3.63) is 92.8 Å². The van der Waals surface area contributed by atoms with E-state index < -0.39 is 27.7 Å². The third kappa shape index (κ3) is 4.56. The third-order valence-corrected chi connectivity index (χ3v) is 9.18. The van der Waals surface area contributed by atoms with Crippen molar-refractivity contribution < 1.29 is 22.3 Å². The predicted octanol–water partition coefficient (Wildman–Crippen LogP) is 4.66. The number of amidine groups is 1. The van der Waals surface area contributed by atoms with Crippen molar-refractivity contribution in [2.45, 2.75) is 17.4 Å². The molecule has 3 heterocycles. The molecule has 5 rings (SSSR count). The lowest BCUT2D eigenvalue weighted by Gasteiger charge is -2.31. The minimum atomic E-state index is -3.56. The molecule has 186 valence electrons. The summed E-state index contributed by atoms with van der Waals surface area (Å²) in [6.07, 6.45) is 1.96. The molecule has 2 atom stereocenters. The van der Waals surface area contributed by atoms with Crippen molar-refractivity contribution in [3.63, 3.8) is 0 Å². The van der Waals surface area contributed by atoms with Crippen LogP contribution in [-0.4, -0.2) is 49.5 Å². The number of esters is 1. The molecule has 11 heteroatoms. The van der Waals surface area contributed by atoms with Crippen LogP contribution in [0.2, 0.25) is 5.02 Å². The van der Waals surface area contributed by atoms with Crippen LogP contribution in [0.25, 0.3) is 0 Å². The Balaban J connectivity index is 1.60. The Morgan fingerprint density at radius 1 is 1.25 bits per heavy atom. The first-order valence-corrected chi connectivity index (χ1v) is 14.0. The van der Waals surface area contributed by atoms with E-state index in [1.54, 1.807) is 36.5 Å². The zero-order valence-electron chi connectivity index (χ0n) is 19.1. The molecule has 2 aliphatic rings. The first-order valence-electron chi connectivity index (χ1n) is 11.1. The lowest BCUT2D eigenvalue weighted by molar-refractivity contribution is -0.136. The topological polar surface area (TPSA) is 88.9 Å². The number of hydrogen-bond donors (Lipinski definition) is 0. The number of fused-ring (bicyclic) bond motifs is 1. The van der Waals surface area contributed by atoms with Gasteiger partial charge in [0, 0.05) is 34.4 Å². The lowest BCUT2D eigenvalue weighted by atomic mass is 9.94. The van der Waals surface area contributed by atoms with E-state index in [1.807, 2.05) is 10.3 Å². The molecule has 1 fully saturated rings. The highest BCUT2D eigenvalue weighted by atomic mass is 35.5. The highest BCUT2D eigenvalue weighted by molar-refractivity contribution is 7.91. The highest BCUT2D eigenvalue weighted by Gasteiger charge is 2.43. The van der Waals surface area contributed by atoms with E-state index in [-0.39, 0.29) is 27.2 Å². The number of carbonyl (C=O) groups excluding carboxylic acids is 1. The van der Waals surface area contributed by atoms with E-state index in [4.69, 9.17) is 21.3 Å². The maximum atomic E-state index is 13.8. The number of sulfone groups is 1. The number of aromatic nitrogens is 1. The maximum absolute atomic E-state index is 13.8. The Hall–Kier alpha value is -3.08. The van der Waals surface area contributed by atoms with E-state index in [2.05, 4.69) is 4.98 Å². The van der Waals surface area contributed by atoms with E-state index in [0.29, 0.717) is 35.1 Å². The number of methoxy groups -OCH3 is 1. The van der Waals surface area contributed by atoms with Gasteiger partial charge in [-0.05, 0) is 36.6 Å². The van der Waals surface area contributed by atoms with Gasteiger partial charge in [-0.1, -0.05) is 35.9 Å². The molecule has 2 aromatic carbocycles. The van der Waals surface area contributed by atoms with Gasteiger partial charge < -0.3 is 9.64 Å². The van der Waals surface area contributed by atoms with E-state index in [0.717, 1.165) is 0 Å². The van der Waals surface area contributed by atoms with Gasteiger partial charge in [-0.3, -0.25) is 4.99 Å². The fourth-order valence-corrected chi connectivity index (χ4v) is 7.16. The molecule has 0 radical (unpaired) electrons. The first kappa shape index (κ1) is 24.6. The van der Waals surface area contributed by atoms with Gasteiger partial charge >= 0.3 is 5.97 Å². The van der Waals surface area contributed by atoms with Crippen LogP contribution in [0, 0.1) is 11.7 Å². The summed E-state index contributed by atoms with van der Waals surface area (Å²) in [6.45, 7) is 0.337. The van der Waals surface area contributed by atoms with Crippen LogP contribution < -0.4 is 0 Å². The number of thiazole rings is 1. The monoisotopic (exact) mass is 545 g/mol. The normalized spacial score (nSPS) is 19.8. The van der Waals surface area contributed by atoms with Gasteiger partial charge in [0.2, 0.25) is 0 Å². The summed E-state index contributed by atoms with van der Waals surface area (Å²) in [6, 6.07) is 11.4. The standard InChI is InChI=1S/C25H21ClFN3O4S2/c1-34-25(31)21-20-11-15(14-36(32,33)17-5-3-2-4-6-17)13-30(20)23(24-28-9-10-35-24)29-22(21)18-8-7-16(27)12-19(18)26/h2-10,12,15,22H,11,13-14H2,1H3/t15?,22-/m0/s1. The smallest absolute Gasteiger partial charge is 0.338 e. The molecule has 0 saturated carbocycles. The summed E-state index contributed by atoms with van der Waals surface area (Å²) in [5.41, 5.74) is 1.31. The van der Waals surface area contributed by atoms with Crippen LogP contribution in [-0.2, 0) is 19.4 Å². The number of ether oxygens (including phenoxy) is 1. The molecule has 3 aromatic rings. The maximum Gasteiger partial charge on any atom is 0.338 e. The average molecular weight is 546 g/mol. The zero-order chi connectivity index (χ0) is 25.4. The predicted molar refractivity (Wildman–Crippen MR) is 135 cm³/mol. The second kappa shape index (κ2) is 9.76.